The summed E-state index contributed by atoms with van der Waals surface area (Å²) < 4.78 is 6.58. The minimum Gasteiger partial charge on any atom is -0.460 e. The second kappa shape index (κ2) is 4.92. The second-order valence-electron chi connectivity index (χ2n) is 4.62. The van der Waals surface area contributed by atoms with Gasteiger partial charge in [0.1, 0.15) is 6.04 Å². The average molecular weight is 270 g/mol. The summed E-state index contributed by atoms with van der Waals surface area (Å²) in [5, 5.41) is 0. The van der Waals surface area contributed by atoms with E-state index in [0.29, 0.717) is 6.42 Å². The van der Waals surface area contributed by atoms with Crippen molar-refractivity contribution in [2.75, 3.05) is 6.61 Å². The van der Waals surface area contributed by atoms with Gasteiger partial charge in [-0.05, 0) is 12.5 Å². The molecular weight excluding hydrogens is 256 g/mol. The van der Waals surface area contributed by atoms with Gasteiger partial charge in [-0.2, -0.15) is 0 Å². The number of carbonyl (C=O) groups is 2. The molecule has 0 radical (unpaired) electrons. The van der Waals surface area contributed by atoms with Crippen molar-refractivity contribution in [3.8, 4) is 0 Å². The van der Waals surface area contributed by atoms with Crippen molar-refractivity contribution in [2.45, 2.75) is 19.4 Å². The van der Waals surface area contributed by atoms with Crippen LogP contribution in [0.3, 0.4) is 0 Å². The van der Waals surface area contributed by atoms with Gasteiger partial charge in [0.15, 0.2) is 5.78 Å². The summed E-state index contributed by atoms with van der Waals surface area (Å²) in [5.74, 6) is -0.302. The Bertz CT molecular complexity index is 675. The summed E-state index contributed by atoms with van der Waals surface area (Å²) in [4.78, 5) is 28.3. The van der Waals surface area contributed by atoms with Gasteiger partial charge in [0, 0.05) is 24.4 Å². The van der Waals surface area contributed by atoms with Crippen molar-refractivity contribution >= 4 is 11.8 Å². The van der Waals surface area contributed by atoms with Gasteiger partial charge in [0.2, 0.25) is 5.82 Å². The predicted molar refractivity (Wildman–Crippen MR) is 71.7 cm³/mol. The summed E-state index contributed by atoms with van der Waals surface area (Å²) in [6, 6.07) is 7.11. The Balaban J connectivity index is 1.95. The number of hydrogen-bond acceptors (Lipinski definition) is 4. The van der Waals surface area contributed by atoms with E-state index in [1.807, 2.05) is 24.3 Å². The highest BCUT2D eigenvalue weighted by molar-refractivity contribution is 6.03. The Morgan fingerprint density at radius 3 is 3.00 bits per heavy atom. The number of Topliss-reactive ketones (excluding diaryl/α,β-unsaturated/α-hetero) is 1. The number of fused-ring (bicyclic) bond motifs is 1. The van der Waals surface area contributed by atoms with Crippen LogP contribution in [0.25, 0.3) is 0 Å². The first-order valence-corrected chi connectivity index (χ1v) is 6.54. The molecule has 1 atom stereocenters. The van der Waals surface area contributed by atoms with Crippen LogP contribution in [0.2, 0.25) is 0 Å². The smallest absolute Gasteiger partial charge is 0.374 e. The first-order chi connectivity index (χ1) is 9.72. The molecule has 0 saturated heterocycles. The van der Waals surface area contributed by atoms with Crippen LogP contribution in [-0.2, 0) is 11.2 Å². The topological polar surface area (TPSA) is 61.2 Å². The molecule has 5 nitrogen and oxygen atoms in total. The molecule has 2 aromatic rings. The molecular formula is C15H14N2O3. The lowest BCUT2D eigenvalue weighted by Crippen LogP contribution is -2.21. The molecule has 3 rings (SSSR count). The normalized spacial score (nSPS) is 17.1. The molecule has 102 valence electrons. The zero-order valence-corrected chi connectivity index (χ0v) is 11.1. The van der Waals surface area contributed by atoms with E-state index in [-0.39, 0.29) is 18.2 Å². The van der Waals surface area contributed by atoms with Gasteiger partial charge in [-0.15, -0.1) is 0 Å². The molecule has 0 N–H and O–H groups in total. The largest absolute Gasteiger partial charge is 0.460 e. The minimum absolute atomic E-state index is 0.0177. The van der Waals surface area contributed by atoms with Crippen molar-refractivity contribution in [2.24, 2.45) is 0 Å². The number of ketones is 1. The maximum Gasteiger partial charge on any atom is 0.374 e. The lowest BCUT2D eigenvalue weighted by atomic mass is 10.1. The van der Waals surface area contributed by atoms with Crippen LogP contribution >= 0.6 is 0 Å². The molecule has 1 aromatic carbocycles. The molecule has 1 aromatic heterocycles. The van der Waals surface area contributed by atoms with Crippen LogP contribution in [-0.4, -0.2) is 27.9 Å². The van der Waals surface area contributed by atoms with Gasteiger partial charge in [0.25, 0.3) is 0 Å². The highest BCUT2D eigenvalue weighted by atomic mass is 16.5. The Kier molecular flexibility index (Phi) is 3.10. The van der Waals surface area contributed by atoms with Gasteiger partial charge < -0.3 is 9.30 Å². The quantitative estimate of drug-likeness (QED) is 0.801. The summed E-state index contributed by atoms with van der Waals surface area (Å²) in [6.45, 7) is 2.02. The lowest BCUT2D eigenvalue weighted by molar-refractivity contribution is 0.0504. The number of esters is 1. The van der Waals surface area contributed by atoms with Crippen LogP contribution < -0.4 is 0 Å². The zero-order chi connectivity index (χ0) is 14.1. The Hall–Kier alpha value is -2.43. The molecule has 1 aliphatic rings. The van der Waals surface area contributed by atoms with E-state index in [1.54, 1.807) is 17.7 Å². The third kappa shape index (κ3) is 1.91. The highest BCUT2D eigenvalue weighted by Crippen LogP contribution is 2.30. The summed E-state index contributed by atoms with van der Waals surface area (Å²) >= 11 is 0. The molecule has 0 spiro atoms. The number of hydrogen-bond donors (Lipinski definition) is 0. The van der Waals surface area contributed by atoms with E-state index in [0.717, 1.165) is 11.1 Å². The highest BCUT2D eigenvalue weighted by Gasteiger charge is 2.33. The van der Waals surface area contributed by atoms with Gasteiger partial charge in [0.05, 0.1) is 6.61 Å². The SMILES string of the molecule is CCOC(=O)c1nccn1C1Cc2ccccc2C1=O. The molecule has 20 heavy (non-hydrogen) atoms. The van der Waals surface area contributed by atoms with E-state index in [1.165, 1.54) is 6.20 Å². The molecule has 0 bridgehead atoms. The third-order valence-corrected chi connectivity index (χ3v) is 3.46. The maximum absolute atomic E-state index is 12.4. The molecule has 0 fully saturated rings. The first kappa shape index (κ1) is 12.6. The predicted octanol–water partition coefficient (Wildman–Crippen LogP) is 2.04. The van der Waals surface area contributed by atoms with Crippen LogP contribution in [0, 0.1) is 0 Å². The Morgan fingerprint density at radius 2 is 2.25 bits per heavy atom. The molecule has 1 heterocycles. The number of aromatic nitrogens is 2. The summed E-state index contributed by atoms with van der Waals surface area (Å²) in [5.41, 5.74) is 1.73. The van der Waals surface area contributed by atoms with Crippen LogP contribution in [0.5, 0.6) is 0 Å². The standard InChI is InChI=1S/C15H14N2O3/c1-2-20-15(19)14-16-7-8-17(14)12-9-10-5-3-4-6-11(10)13(12)18/h3-8,12H,2,9H2,1H3. The van der Waals surface area contributed by atoms with Gasteiger partial charge in [-0.3, -0.25) is 4.79 Å². The van der Waals surface area contributed by atoms with Gasteiger partial charge in [-0.1, -0.05) is 24.3 Å². The fourth-order valence-corrected chi connectivity index (χ4v) is 2.56. The van der Waals surface area contributed by atoms with Crippen LogP contribution in [0.15, 0.2) is 36.7 Å². The minimum atomic E-state index is -0.499. The molecule has 0 amide bonds. The molecule has 1 unspecified atom stereocenters. The van der Waals surface area contributed by atoms with Crippen molar-refractivity contribution in [3.05, 3.63) is 53.6 Å². The summed E-state index contributed by atoms with van der Waals surface area (Å²) in [6.07, 6.45) is 3.75. The fourth-order valence-electron chi connectivity index (χ4n) is 2.56. The van der Waals surface area contributed by atoms with Crippen molar-refractivity contribution < 1.29 is 14.3 Å². The second-order valence-corrected chi connectivity index (χ2v) is 4.62. The Morgan fingerprint density at radius 1 is 1.45 bits per heavy atom. The van der Waals surface area contributed by atoms with E-state index in [2.05, 4.69) is 4.98 Å². The fraction of sp³-hybridized carbons (Fsp3) is 0.267. The number of rotatable bonds is 3. The van der Waals surface area contributed by atoms with Crippen molar-refractivity contribution in [1.29, 1.82) is 0 Å². The third-order valence-electron chi connectivity index (χ3n) is 3.46. The number of carbonyl (C=O) groups excluding carboxylic acids is 2. The number of benzene rings is 1. The molecule has 5 heteroatoms. The zero-order valence-electron chi connectivity index (χ0n) is 11.1. The van der Waals surface area contributed by atoms with Crippen molar-refractivity contribution in [1.82, 2.24) is 9.55 Å². The van der Waals surface area contributed by atoms with Gasteiger partial charge >= 0.3 is 5.97 Å². The molecule has 0 aliphatic heterocycles. The number of imidazole rings is 1. The maximum atomic E-state index is 12.4. The van der Waals surface area contributed by atoms with E-state index in [4.69, 9.17) is 4.74 Å². The summed E-state index contributed by atoms with van der Waals surface area (Å²) in [7, 11) is 0. The number of ether oxygens (including phenoxy) is 1. The first-order valence-electron chi connectivity index (χ1n) is 6.54. The van der Waals surface area contributed by atoms with Crippen LogP contribution in [0.4, 0.5) is 0 Å². The van der Waals surface area contributed by atoms with Crippen molar-refractivity contribution in [3.63, 3.8) is 0 Å². The monoisotopic (exact) mass is 270 g/mol. The Labute approximate surface area is 116 Å². The molecule has 0 saturated carbocycles. The average Bonchev–Trinajstić information content (AvgIpc) is 3.04. The molecule has 1 aliphatic carbocycles. The van der Waals surface area contributed by atoms with Crippen LogP contribution in [0.1, 0.15) is 39.5 Å². The van der Waals surface area contributed by atoms with E-state index in [9.17, 15) is 9.59 Å². The van der Waals surface area contributed by atoms with E-state index >= 15 is 0 Å². The van der Waals surface area contributed by atoms with Gasteiger partial charge in [-0.25, -0.2) is 9.78 Å². The number of nitrogens with zero attached hydrogens (tertiary/aromatic N) is 2. The lowest BCUT2D eigenvalue weighted by Gasteiger charge is -2.12. The van der Waals surface area contributed by atoms with E-state index < -0.39 is 12.0 Å².